The van der Waals surface area contributed by atoms with Crippen LogP contribution in [0.1, 0.15) is 18.1 Å². The van der Waals surface area contributed by atoms with Gasteiger partial charge in [-0.2, -0.15) is 5.10 Å². The lowest BCUT2D eigenvalue weighted by Crippen LogP contribution is -2.15. The Morgan fingerprint density at radius 3 is 2.94 bits per heavy atom. The van der Waals surface area contributed by atoms with Gasteiger partial charge in [-0.15, -0.1) is 11.3 Å². The fourth-order valence-electron chi connectivity index (χ4n) is 1.45. The first-order valence-electron chi connectivity index (χ1n) is 5.22. The van der Waals surface area contributed by atoms with Gasteiger partial charge in [0, 0.05) is 18.0 Å². The number of amides is 1. The van der Waals surface area contributed by atoms with E-state index in [9.17, 15) is 4.79 Å². The Bertz CT molecular complexity index is 505. The summed E-state index contributed by atoms with van der Waals surface area (Å²) >= 11 is 1.40. The number of thiazole rings is 1. The van der Waals surface area contributed by atoms with Crippen LogP contribution in [0.25, 0.3) is 0 Å². The van der Waals surface area contributed by atoms with E-state index in [4.69, 9.17) is 0 Å². The zero-order valence-electron chi connectivity index (χ0n) is 9.67. The van der Waals surface area contributed by atoms with Gasteiger partial charge in [-0.3, -0.25) is 4.79 Å². The summed E-state index contributed by atoms with van der Waals surface area (Å²) in [5.41, 5.74) is 0. The van der Waals surface area contributed by atoms with Gasteiger partial charge in [0.25, 0.3) is 0 Å². The Balaban J connectivity index is 1.86. The van der Waals surface area contributed by atoms with Gasteiger partial charge < -0.3 is 5.32 Å². The fourth-order valence-corrected chi connectivity index (χ4v) is 1.99. The largest absolute Gasteiger partial charge is 0.302 e. The number of aryl methyl sites for hydroxylation is 3. The van der Waals surface area contributed by atoms with Crippen LogP contribution in [0, 0.1) is 13.8 Å². The van der Waals surface area contributed by atoms with Crippen LogP contribution in [0.2, 0.25) is 0 Å². The zero-order valence-corrected chi connectivity index (χ0v) is 10.5. The summed E-state index contributed by atoms with van der Waals surface area (Å²) in [5, 5.41) is 9.36. The minimum atomic E-state index is -0.0625. The van der Waals surface area contributed by atoms with Crippen molar-refractivity contribution in [2.75, 3.05) is 5.32 Å². The molecule has 1 N–H and O–H groups in total. The number of hydrogen-bond acceptors (Lipinski definition) is 5. The highest BCUT2D eigenvalue weighted by Gasteiger charge is 2.07. The molecule has 0 radical (unpaired) electrons. The van der Waals surface area contributed by atoms with Gasteiger partial charge in [-0.1, -0.05) is 0 Å². The Labute approximate surface area is 103 Å². The van der Waals surface area contributed by atoms with Crippen LogP contribution in [0.3, 0.4) is 0 Å². The molecule has 2 aromatic heterocycles. The van der Waals surface area contributed by atoms with E-state index in [1.165, 1.54) is 11.3 Å². The number of carbonyl (C=O) groups is 1. The summed E-state index contributed by atoms with van der Waals surface area (Å²) in [5.74, 6) is 1.49. The topological polar surface area (TPSA) is 72.7 Å². The van der Waals surface area contributed by atoms with Crippen molar-refractivity contribution in [3.05, 3.63) is 23.2 Å². The SMILES string of the molecule is Cc1nc(C)n(CCC(=O)Nc2nccs2)n1. The Morgan fingerprint density at radius 2 is 2.35 bits per heavy atom. The molecule has 0 fully saturated rings. The molecule has 0 aliphatic carbocycles. The molecule has 0 atom stereocenters. The molecule has 90 valence electrons. The van der Waals surface area contributed by atoms with Crippen LogP contribution >= 0.6 is 11.3 Å². The average Bonchev–Trinajstić information content (AvgIpc) is 2.86. The van der Waals surface area contributed by atoms with Gasteiger partial charge in [0.15, 0.2) is 5.13 Å². The van der Waals surface area contributed by atoms with Gasteiger partial charge in [-0.05, 0) is 13.8 Å². The van der Waals surface area contributed by atoms with Crippen LogP contribution in [0.5, 0.6) is 0 Å². The lowest BCUT2D eigenvalue weighted by Gasteiger charge is -2.03. The summed E-state index contributed by atoms with van der Waals surface area (Å²) in [7, 11) is 0. The summed E-state index contributed by atoms with van der Waals surface area (Å²) in [6.45, 7) is 4.24. The molecule has 0 saturated heterocycles. The van der Waals surface area contributed by atoms with Crippen molar-refractivity contribution in [2.24, 2.45) is 0 Å². The van der Waals surface area contributed by atoms with E-state index in [2.05, 4.69) is 20.4 Å². The van der Waals surface area contributed by atoms with Crippen LogP contribution in [0.15, 0.2) is 11.6 Å². The first-order chi connectivity index (χ1) is 8.15. The maximum atomic E-state index is 11.6. The summed E-state index contributed by atoms with van der Waals surface area (Å²) < 4.78 is 1.73. The minimum absolute atomic E-state index is 0.0625. The number of nitrogens with zero attached hydrogens (tertiary/aromatic N) is 4. The van der Waals surface area contributed by atoms with Gasteiger partial charge in [0.2, 0.25) is 5.91 Å². The number of hydrogen-bond donors (Lipinski definition) is 1. The maximum absolute atomic E-state index is 11.6. The van der Waals surface area contributed by atoms with Crippen LogP contribution in [-0.2, 0) is 11.3 Å². The molecule has 0 aliphatic heterocycles. The minimum Gasteiger partial charge on any atom is -0.302 e. The van der Waals surface area contributed by atoms with Crippen LogP contribution in [-0.4, -0.2) is 25.7 Å². The third-order valence-corrected chi connectivity index (χ3v) is 2.88. The number of rotatable bonds is 4. The smallest absolute Gasteiger partial charge is 0.228 e. The van der Waals surface area contributed by atoms with Crippen molar-refractivity contribution in [1.82, 2.24) is 19.7 Å². The first-order valence-corrected chi connectivity index (χ1v) is 6.10. The molecular formula is C10H13N5OS. The highest BCUT2D eigenvalue weighted by atomic mass is 32.1. The zero-order chi connectivity index (χ0) is 12.3. The third kappa shape index (κ3) is 3.10. The lowest BCUT2D eigenvalue weighted by atomic mass is 10.4. The van der Waals surface area contributed by atoms with E-state index in [-0.39, 0.29) is 5.91 Å². The molecule has 2 rings (SSSR count). The van der Waals surface area contributed by atoms with Crippen molar-refractivity contribution in [3.8, 4) is 0 Å². The lowest BCUT2D eigenvalue weighted by molar-refractivity contribution is -0.116. The molecule has 2 heterocycles. The molecule has 1 amide bonds. The van der Waals surface area contributed by atoms with E-state index in [0.717, 1.165) is 11.6 Å². The highest BCUT2D eigenvalue weighted by Crippen LogP contribution is 2.10. The van der Waals surface area contributed by atoms with Crippen molar-refractivity contribution >= 4 is 22.4 Å². The predicted molar refractivity (Wildman–Crippen MR) is 64.9 cm³/mol. The number of nitrogens with one attached hydrogen (secondary N) is 1. The molecule has 2 aromatic rings. The molecule has 17 heavy (non-hydrogen) atoms. The van der Waals surface area contributed by atoms with Crippen molar-refractivity contribution < 1.29 is 4.79 Å². The second-order valence-electron chi connectivity index (χ2n) is 3.56. The maximum Gasteiger partial charge on any atom is 0.228 e. The first kappa shape index (κ1) is 11.7. The monoisotopic (exact) mass is 251 g/mol. The molecule has 6 nitrogen and oxygen atoms in total. The quantitative estimate of drug-likeness (QED) is 0.891. The van der Waals surface area contributed by atoms with Gasteiger partial charge in [-0.25, -0.2) is 14.6 Å². The number of aromatic nitrogens is 4. The second kappa shape index (κ2) is 5.05. The van der Waals surface area contributed by atoms with E-state index >= 15 is 0 Å². The van der Waals surface area contributed by atoms with E-state index in [1.807, 2.05) is 19.2 Å². The molecule has 0 spiro atoms. The predicted octanol–water partition coefficient (Wildman–Crippen LogP) is 1.38. The number of anilines is 1. The molecular weight excluding hydrogens is 238 g/mol. The van der Waals surface area contributed by atoms with Crippen LogP contribution in [0.4, 0.5) is 5.13 Å². The van der Waals surface area contributed by atoms with Gasteiger partial charge in [0.05, 0.1) is 6.54 Å². The van der Waals surface area contributed by atoms with Crippen molar-refractivity contribution in [2.45, 2.75) is 26.8 Å². The standard InChI is InChI=1S/C10H13N5OS/c1-7-12-8(2)15(14-7)5-3-9(16)13-10-11-4-6-17-10/h4,6H,3,5H2,1-2H3,(H,11,13,16). The van der Waals surface area contributed by atoms with Crippen LogP contribution < -0.4 is 5.32 Å². The number of carbonyl (C=O) groups excluding carboxylic acids is 1. The normalized spacial score (nSPS) is 10.5. The van der Waals surface area contributed by atoms with E-state index in [1.54, 1.807) is 10.9 Å². The summed E-state index contributed by atoms with van der Waals surface area (Å²) in [6, 6.07) is 0. The molecule has 0 saturated carbocycles. The van der Waals surface area contributed by atoms with Crippen molar-refractivity contribution in [3.63, 3.8) is 0 Å². The second-order valence-corrected chi connectivity index (χ2v) is 4.46. The highest BCUT2D eigenvalue weighted by molar-refractivity contribution is 7.13. The third-order valence-electron chi connectivity index (χ3n) is 2.19. The molecule has 0 unspecified atom stereocenters. The molecule has 0 aromatic carbocycles. The van der Waals surface area contributed by atoms with E-state index < -0.39 is 0 Å². The molecule has 7 heteroatoms. The van der Waals surface area contributed by atoms with Crippen molar-refractivity contribution in [1.29, 1.82) is 0 Å². The van der Waals surface area contributed by atoms with Gasteiger partial charge in [0.1, 0.15) is 11.6 Å². The average molecular weight is 251 g/mol. The molecule has 0 aliphatic rings. The Morgan fingerprint density at radius 1 is 1.53 bits per heavy atom. The fraction of sp³-hybridized carbons (Fsp3) is 0.400. The Kier molecular flexibility index (Phi) is 3.48. The summed E-state index contributed by atoms with van der Waals surface area (Å²) in [4.78, 5) is 19.8. The molecule has 0 bridgehead atoms. The summed E-state index contributed by atoms with van der Waals surface area (Å²) in [6.07, 6.45) is 2.02. The van der Waals surface area contributed by atoms with E-state index in [0.29, 0.717) is 18.1 Å². The Hall–Kier alpha value is -1.76. The van der Waals surface area contributed by atoms with Gasteiger partial charge >= 0.3 is 0 Å².